The first-order valence-corrected chi connectivity index (χ1v) is 7.31. The van der Waals surface area contributed by atoms with E-state index >= 15 is 0 Å². The molecular formula is C15H33NO2. The summed E-state index contributed by atoms with van der Waals surface area (Å²) >= 11 is 0. The molecule has 0 radical (unpaired) electrons. The average molecular weight is 259 g/mol. The molecule has 1 unspecified atom stereocenters. The van der Waals surface area contributed by atoms with E-state index in [1.54, 1.807) is 7.11 Å². The summed E-state index contributed by atoms with van der Waals surface area (Å²) in [6.07, 6.45) is 3.61. The van der Waals surface area contributed by atoms with Crippen molar-refractivity contribution in [2.45, 2.75) is 47.0 Å². The summed E-state index contributed by atoms with van der Waals surface area (Å²) in [5, 5.41) is 3.58. The van der Waals surface area contributed by atoms with Gasteiger partial charge in [0.05, 0.1) is 13.2 Å². The fraction of sp³-hybridized carbons (Fsp3) is 1.00. The van der Waals surface area contributed by atoms with Gasteiger partial charge in [-0.3, -0.25) is 0 Å². The topological polar surface area (TPSA) is 30.5 Å². The van der Waals surface area contributed by atoms with Gasteiger partial charge in [0.2, 0.25) is 0 Å². The maximum atomic E-state index is 5.59. The second kappa shape index (κ2) is 10.8. The van der Waals surface area contributed by atoms with Crippen LogP contribution in [0.5, 0.6) is 0 Å². The fourth-order valence-electron chi connectivity index (χ4n) is 2.13. The molecule has 1 atom stereocenters. The van der Waals surface area contributed by atoms with Crippen molar-refractivity contribution >= 4 is 0 Å². The molecule has 0 aliphatic heterocycles. The minimum atomic E-state index is 0.358. The highest BCUT2D eigenvalue weighted by molar-refractivity contribution is 4.76. The molecule has 0 aliphatic carbocycles. The van der Waals surface area contributed by atoms with Gasteiger partial charge in [0.1, 0.15) is 0 Å². The van der Waals surface area contributed by atoms with Crippen LogP contribution in [0.4, 0.5) is 0 Å². The van der Waals surface area contributed by atoms with Gasteiger partial charge in [0.15, 0.2) is 0 Å². The Morgan fingerprint density at radius 2 is 1.83 bits per heavy atom. The van der Waals surface area contributed by atoms with E-state index in [0.717, 1.165) is 26.1 Å². The molecule has 0 amide bonds. The van der Waals surface area contributed by atoms with Gasteiger partial charge in [0.25, 0.3) is 0 Å². The quantitative estimate of drug-likeness (QED) is 0.546. The number of ether oxygens (including phenoxy) is 2. The van der Waals surface area contributed by atoms with E-state index in [0.29, 0.717) is 24.5 Å². The number of hydrogen-bond donors (Lipinski definition) is 1. The molecule has 3 heteroatoms. The van der Waals surface area contributed by atoms with Crippen molar-refractivity contribution in [3.05, 3.63) is 0 Å². The second-order valence-corrected chi connectivity index (χ2v) is 5.94. The summed E-state index contributed by atoms with van der Waals surface area (Å²) in [5.41, 5.74) is 0.358. The lowest BCUT2D eigenvalue weighted by Gasteiger charge is -2.30. The standard InChI is InChI=1S/C15H33NO2/c1-6-7-15(4,13-16-12-14(2)3)8-9-18-11-10-17-5/h14,16H,6-13H2,1-5H3. The molecule has 0 aromatic rings. The molecule has 0 rings (SSSR count). The lowest BCUT2D eigenvalue weighted by molar-refractivity contribution is 0.0517. The van der Waals surface area contributed by atoms with Crippen molar-refractivity contribution in [2.75, 3.05) is 40.0 Å². The Kier molecular flexibility index (Phi) is 10.7. The van der Waals surface area contributed by atoms with E-state index in [9.17, 15) is 0 Å². The minimum Gasteiger partial charge on any atom is -0.382 e. The summed E-state index contributed by atoms with van der Waals surface area (Å²) in [5.74, 6) is 0.717. The molecule has 0 heterocycles. The highest BCUT2D eigenvalue weighted by atomic mass is 16.5. The molecule has 0 aromatic carbocycles. The van der Waals surface area contributed by atoms with Crippen molar-refractivity contribution in [3.8, 4) is 0 Å². The van der Waals surface area contributed by atoms with Gasteiger partial charge in [-0.05, 0) is 30.7 Å². The van der Waals surface area contributed by atoms with Crippen LogP contribution in [0.25, 0.3) is 0 Å². The lowest BCUT2D eigenvalue weighted by Crippen LogP contribution is -2.34. The first-order valence-electron chi connectivity index (χ1n) is 7.31. The largest absolute Gasteiger partial charge is 0.382 e. The minimum absolute atomic E-state index is 0.358. The molecule has 0 aromatic heterocycles. The van der Waals surface area contributed by atoms with Crippen molar-refractivity contribution in [2.24, 2.45) is 11.3 Å². The second-order valence-electron chi connectivity index (χ2n) is 5.94. The number of hydrogen-bond acceptors (Lipinski definition) is 3. The van der Waals surface area contributed by atoms with E-state index in [4.69, 9.17) is 9.47 Å². The maximum Gasteiger partial charge on any atom is 0.0700 e. The smallest absolute Gasteiger partial charge is 0.0700 e. The number of nitrogens with one attached hydrogen (secondary N) is 1. The van der Waals surface area contributed by atoms with Crippen molar-refractivity contribution < 1.29 is 9.47 Å². The molecule has 110 valence electrons. The Bertz CT molecular complexity index is 185. The maximum absolute atomic E-state index is 5.59. The van der Waals surface area contributed by atoms with Gasteiger partial charge in [-0.25, -0.2) is 0 Å². The third kappa shape index (κ3) is 9.86. The molecule has 0 spiro atoms. The Balaban J connectivity index is 3.85. The molecule has 18 heavy (non-hydrogen) atoms. The Morgan fingerprint density at radius 1 is 1.11 bits per heavy atom. The molecule has 3 nitrogen and oxygen atoms in total. The zero-order chi connectivity index (χ0) is 13.9. The molecule has 0 saturated heterocycles. The zero-order valence-electron chi connectivity index (χ0n) is 13.1. The summed E-state index contributed by atoms with van der Waals surface area (Å²) in [6, 6.07) is 0. The molecule has 0 aliphatic rings. The Hall–Kier alpha value is -0.120. The highest BCUT2D eigenvalue weighted by Gasteiger charge is 2.22. The molecule has 1 N–H and O–H groups in total. The third-order valence-electron chi connectivity index (χ3n) is 3.24. The van der Waals surface area contributed by atoms with Crippen molar-refractivity contribution in [1.82, 2.24) is 5.32 Å². The van der Waals surface area contributed by atoms with Crippen LogP contribution >= 0.6 is 0 Å². The zero-order valence-corrected chi connectivity index (χ0v) is 13.1. The fourth-order valence-corrected chi connectivity index (χ4v) is 2.13. The van der Waals surface area contributed by atoms with Gasteiger partial charge in [-0.2, -0.15) is 0 Å². The average Bonchev–Trinajstić information content (AvgIpc) is 2.28. The van der Waals surface area contributed by atoms with Gasteiger partial charge in [0, 0.05) is 20.3 Å². The summed E-state index contributed by atoms with van der Waals surface area (Å²) < 4.78 is 10.6. The van der Waals surface area contributed by atoms with Crippen molar-refractivity contribution in [3.63, 3.8) is 0 Å². The molecule has 0 fully saturated rings. The van der Waals surface area contributed by atoms with Crippen LogP contribution in [0.1, 0.15) is 47.0 Å². The van der Waals surface area contributed by atoms with Crippen LogP contribution in [-0.4, -0.2) is 40.0 Å². The van der Waals surface area contributed by atoms with Gasteiger partial charge >= 0.3 is 0 Å². The Labute approximate surface area is 114 Å². The van der Waals surface area contributed by atoms with Crippen LogP contribution in [0.3, 0.4) is 0 Å². The Morgan fingerprint density at radius 3 is 2.39 bits per heavy atom. The number of rotatable bonds is 12. The summed E-state index contributed by atoms with van der Waals surface area (Å²) in [6.45, 7) is 13.5. The SMILES string of the molecule is CCCC(C)(CCOCCOC)CNCC(C)C. The lowest BCUT2D eigenvalue weighted by atomic mass is 9.82. The van der Waals surface area contributed by atoms with Crippen LogP contribution in [0, 0.1) is 11.3 Å². The van der Waals surface area contributed by atoms with E-state index in [1.165, 1.54) is 12.8 Å². The third-order valence-corrected chi connectivity index (χ3v) is 3.24. The van der Waals surface area contributed by atoms with Crippen LogP contribution in [0.15, 0.2) is 0 Å². The van der Waals surface area contributed by atoms with E-state index in [2.05, 4.69) is 33.0 Å². The highest BCUT2D eigenvalue weighted by Crippen LogP contribution is 2.26. The normalized spacial score (nSPS) is 15.0. The van der Waals surface area contributed by atoms with Crippen LogP contribution in [0.2, 0.25) is 0 Å². The van der Waals surface area contributed by atoms with E-state index < -0.39 is 0 Å². The predicted octanol–water partition coefficient (Wildman–Crippen LogP) is 3.09. The molecule has 0 saturated carbocycles. The first-order chi connectivity index (χ1) is 8.54. The van der Waals surface area contributed by atoms with Crippen LogP contribution < -0.4 is 5.32 Å². The van der Waals surface area contributed by atoms with Crippen LogP contribution in [-0.2, 0) is 9.47 Å². The van der Waals surface area contributed by atoms with E-state index in [-0.39, 0.29) is 0 Å². The van der Waals surface area contributed by atoms with E-state index in [1.807, 2.05) is 0 Å². The molecular weight excluding hydrogens is 226 g/mol. The first kappa shape index (κ1) is 17.9. The van der Waals surface area contributed by atoms with Gasteiger partial charge in [-0.15, -0.1) is 0 Å². The van der Waals surface area contributed by atoms with Crippen molar-refractivity contribution in [1.29, 1.82) is 0 Å². The summed E-state index contributed by atoms with van der Waals surface area (Å²) in [4.78, 5) is 0. The molecule has 0 bridgehead atoms. The summed E-state index contributed by atoms with van der Waals surface area (Å²) in [7, 11) is 1.71. The van der Waals surface area contributed by atoms with Gasteiger partial charge in [-0.1, -0.05) is 34.1 Å². The number of methoxy groups -OCH3 is 1. The predicted molar refractivity (Wildman–Crippen MR) is 78.0 cm³/mol. The van der Waals surface area contributed by atoms with Gasteiger partial charge < -0.3 is 14.8 Å². The monoisotopic (exact) mass is 259 g/mol.